The quantitative estimate of drug-likeness (QED) is 0.624. The van der Waals surface area contributed by atoms with Gasteiger partial charge in [-0.2, -0.15) is 5.10 Å². The fraction of sp³-hybridized carbons (Fsp3) is 0.500. The minimum absolute atomic E-state index is 0.0528. The maximum Gasteiger partial charge on any atom is 0.240 e. The van der Waals surface area contributed by atoms with E-state index in [1.54, 1.807) is 6.20 Å². The van der Waals surface area contributed by atoms with Gasteiger partial charge in [-0.1, -0.05) is 12.1 Å². The number of carbonyl (C=O) groups excluding carboxylic acids is 1. The number of anilines is 1. The van der Waals surface area contributed by atoms with Crippen molar-refractivity contribution in [1.29, 1.82) is 0 Å². The highest BCUT2D eigenvalue weighted by atomic mass is 19.1. The lowest BCUT2D eigenvalue weighted by atomic mass is 10.0. The van der Waals surface area contributed by atoms with Gasteiger partial charge in [-0.15, -0.1) is 0 Å². The van der Waals surface area contributed by atoms with Crippen molar-refractivity contribution in [1.82, 2.24) is 29.5 Å². The van der Waals surface area contributed by atoms with Gasteiger partial charge in [0.05, 0.1) is 30.5 Å². The Bertz CT molecular complexity index is 1170. The Morgan fingerprint density at radius 1 is 1.12 bits per heavy atom. The Morgan fingerprint density at radius 2 is 1.94 bits per heavy atom. The summed E-state index contributed by atoms with van der Waals surface area (Å²) >= 11 is 0. The second kappa shape index (κ2) is 8.46. The number of alkyl halides is 1. The van der Waals surface area contributed by atoms with Crippen LogP contribution in [0.2, 0.25) is 0 Å². The zero-order valence-corrected chi connectivity index (χ0v) is 18.6. The van der Waals surface area contributed by atoms with E-state index in [-0.39, 0.29) is 12.6 Å². The van der Waals surface area contributed by atoms with Crippen LogP contribution < -0.4 is 5.32 Å². The third-order valence-electron chi connectivity index (χ3n) is 7.43. The van der Waals surface area contributed by atoms with Crippen molar-refractivity contribution in [3.63, 3.8) is 0 Å². The maximum absolute atomic E-state index is 12.8. The number of amides is 1. The summed E-state index contributed by atoms with van der Waals surface area (Å²) in [7, 11) is 0. The van der Waals surface area contributed by atoms with Gasteiger partial charge in [0.1, 0.15) is 6.67 Å². The first-order chi connectivity index (χ1) is 16.2. The van der Waals surface area contributed by atoms with E-state index in [1.807, 2.05) is 29.1 Å². The average Bonchev–Trinajstić information content (AvgIpc) is 3.53. The van der Waals surface area contributed by atoms with Gasteiger partial charge in [0, 0.05) is 48.9 Å². The number of fused-ring (bicyclic) bond motifs is 4. The Morgan fingerprint density at radius 3 is 2.73 bits per heavy atom. The standard InChI is InChI=1S/C24H28FN7O/c25-7-8-30-9-10-32-22(14-30)20(13-27-32)16-1-2-17-12-26-24(28-21(17)11-16)29-23(33)15-31-18-3-4-19(31)6-5-18/h1-2,11-13,18-19H,3-10,14-15H2,(H,26,28,29,33). The van der Waals surface area contributed by atoms with E-state index in [0.717, 1.165) is 40.8 Å². The molecule has 3 aliphatic heterocycles. The fourth-order valence-electron chi connectivity index (χ4n) is 5.71. The number of hydrogen-bond donors (Lipinski definition) is 1. The van der Waals surface area contributed by atoms with Crippen LogP contribution in [0.3, 0.4) is 0 Å². The van der Waals surface area contributed by atoms with Crippen LogP contribution in [0.15, 0.2) is 30.6 Å². The monoisotopic (exact) mass is 449 g/mol. The topological polar surface area (TPSA) is 79.2 Å². The van der Waals surface area contributed by atoms with Crippen LogP contribution in [0.5, 0.6) is 0 Å². The number of halogens is 1. The van der Waals surface area contributed by atoms with Crippen molar-refractivity contribution in [2.75, 3.05) is 31.6 Å². The largest absolute Gasteiger partial charge is 0.293 e. The summed E-state index contributed by atoms with van der Waals surface area (Å²) in [5, 5.41) is 8.34. The zero-order chi connectivity index (χ0) is 22.4. The number of benzene rings is 1. The lowest BCUT2D eigenvalue weighted by Crippen LogP contribution is -2.36. The minimum atomic E-state index is -0.343. The van der Waals surface area contributed by atoms with Crippen molar-refractivity contribution >= 4 is 22.8 Å². The molecule has 1 N–H and O–H groups in total. The van der Waals surface area contributed by atoms with Crippen molar-refractivity contribution in [3.05, 3.63) is 36.3 Å². The van der Waals surface area contributed by atoms with E-state index >= 15 is 0 Å². The SMILES string of the molecule is O=C(CN1C2CCC1CC2)Nc1ncc2ccc(-c3cnn4c3CN(CCF)CC4)cc2n1. The molecule has 2 fully saturated rings. The molecular weight excluding hydrogens is 421 g/mol. The predicted molar refractivity (Wildman–Crippen MR) is 123 cm³/mol. The fourth-order valence-corrected chi connectivity index (χ4v) is 5.71. The van der Waals surface area contributed by atoms with Crippen LogP contribution in [0, 0.1) is 0 Å². The third-order valence-corrected chi connectivity index (χ3v) is 7.43. The summed E-state index contributed by atoms with van der Waals surface area (Å²) in [6.45, 7) is 2.77. The van der Waals surface area contributed by atoms with E-state index in [4.69, 9.17) is 0 Å². The molecule has 5 heterocycles. The Hall–Kier alpha value is -2.91. The second-order valence-electron chi connectivity index (χ2n) is 9.34. The summed E-state index contributed by atoms with van der Waals surface area (Å²) < 4.78 is 14.9. The molecule has 0 aliphatic carbocycles. The molecule has 3 aromatic rings. The maximum atomic E-state index is 12.8. The number of carbonyl (C=O) groups is 1. The van der Waals surface area contributed by atoms with Gasteiger partial charge >= 0.3 is 0 Å². The number of aromatic nitrogens is 4. The van der Waals surface area contributed by atoms with Crippen LogP contribution in [0.1, 0.15) is 31.4 Å². The van der Waals surface area contributed by atoms with Crippen LogP contribution in [-0.2, 0) is 17.9 Å². The number of hydrogen-bond acceptors (Lipinski definition) is 6. The predicted octanol–water partition coefficient (Wildman–Crippen LogP) is 2.84. The highest BCUT2D eigenvalue weighted by molar-refractivity contribution is 5.92. The molecule has 33 heavy (non-hydrogen) atoms. The molecule has 2 aromatic heterocycles. The van der Waals surface area contributed by atoms with Gasteiger partial charge in [0.2, 0.25) is 11.9 Å². The van der Waals surface area contributed by atoms with Gasteiger partial charge in [0.15, 0.2) is 0 Å². The molecule has 0 radical (unpaired) electrons. The molecule has 0 saturated carbocycles. The van der Waals surface area contributed by atoms with Gasteiger partial charge < -0.3 is 0 Å². The van der Waals surface area contributed by atoms with Gasteiger partial charge in [-0.25, -0.2) is 14.4 Å². The molecule has 1 amide bonds. The molecule has 1 aromatic carbocycles. The first-order valence-electron chi connectivity index (χ1n) is 11.8. The normalized spacial score (nSPS) is 22.7. The van der Waals surface area contributed by atoms with Crippen LogP contribution >= 0.6 is 0 Å². The number of nitrogens with zero attached hydrogens (tertiary/aromatic N) is 6. The highest BCUT2D eigenvalue weighted by Crippen LogP contribution is 2.37. The summed E-state index contributed by atoms with van der Waals surface area (Å²) in [5.74, 6) is 0.283. The van der Waals surface area contributed by atoms with Gasteiger partial charge in [0.25, 0.3) is 0 Å². The molecule has 2 bridgehead atoms. The highest BCUT2D eigenvalue weighted by Gasteiger charge is 2.39. The van der Waals surface area contributed by atoms with E-state index in [2.05, 4.69) is 30.2 Å². The van der Waals surface area contributed by atoms with Gasteiger partial charge in [-0.3, -0.25) is 24.6 Å². The number of nitrogens with one attached hydrogen (secondary N) is 1. The summed E-state index contributed by atoms with van der Waals surface area (Å²) in [5.41, 5.74) is 3.91. The summed E-state index contributed by atoms with van der Waals surface area (Å²) in [4.78, 5) is 26.1. The molecule has 9 heteroatoms. The molecule has 6 rings (SSSR count). The van der Waals surface area contributed by atoms with Crippen molar-refractivity contribution < 1.29 is 9.18 Å². The van der Waals surface area contributed by atoms with E-state index < -0.39 is 0 Å². The molecule has 0 atom stereocenters. The van der Waals surface area contributed by atoms with Crippen molar-refractivity contribution in [3.8, 4) is 11.1 Å². The zero-order valence-electron chi connectivity index (χ0n) is 18.6. The lowest BCUT2D eigenvalue weighted by molar-refractivity contribution is -0.117. The third kappa shape index (κ3) is 3.89. The second-order valence-corrected chi connectivity index (χ2v) is 9.34. The Labute approximate surface area is 191 Å². The average molecular weight is 450 g/mol. The van der Waals surface area contributed by atoms with Gasteiger partial charge in [-0.05, 0) is 37.3 Å². The van der Waals surface area contributed by atoms with E-state index in [1.165, 1.54) is 25.7 Å². The first kappa shape index (κ1) is 20.7. The minimum Gasteiger partial charge on any atom is -0.293 e. The smallest absolute Gasteiger partial charge is 0.240 e. The molecule has 0 unspecified atom stereocenters. The van der Waals surface area contributed by atoms with Crippen LogP contribution in [-0.4, -0.2) is 73.8 Å². The first-order valence-corrected chi connectivity index (χ1v) is 11.8. The van der Waals surface area contributed by atoms with Crippen molar-refractivity contribution in [2.45, 2.75) is 50.9 Å². The van der Waals surface area contributed by atoms with Crippen molar-refractivity contribution in [2.24, 2.45) is 0 Å². The molecular formula is C24H28FN7O. The molecule has 2 saturated heterocycles. The van der Waals surface area contributed by atoms with Crippen LogP contribution in [0.4, 0.5) is 10.3 Å². The molecule has 0 spiro atoms. The molecule has 172 valence electrons. The summed E-state index contributed by atoms with van der Waals surface area (Å²) in [6, 6.07) is 7.16. The Balaban J connectivity index is 1.22. The molecule has 3 aliphatic rings. The van der Waals surface area contributed by atoms with E-state index in [9.17, 15) is 9.18 Å². The van der Waals surface area contributed by atoms with Crippen LogP contribution in [0.25, 0.3) is 22.0 Å². The molecule has 8 nitrogen and oxygen atoms in total. The lowest BCUT2D eigenvalue weighted by Gasteiger charge is -2.27. The number of rotatable bonds is 6. The van der Waals surface area contributed by atoms with E-state index in [0.29, 0.717) is 37.7 Å². The Kier molecular flexibility index (Phi) is 5.30. The summed E-state index contributed by atoms with van der Waals surface area (Å²) in [6.07, 6.45) is 8.45.